The SMILES string of the molecule is CC(=O)OC[C@H]1O[C@H](O[C@]2(COS(=O)(=O)C(F)(F)F)O[C@H](CI)[C@@H](OC(C)=O)[C@@H]2OC(C)=O)[C@H](OC(C)=O)[C@@H](OC(C)=O)[C@@H]1Br. The molecule has 0 N–H and O–H groups in total. The van der Waals surface area contributed by atoms with Crippen LogP contribution in [0.15, 0.2) is 0 Å². The molecule has 9 atom stereocenters. The van der Waals surface area contributed by atoms with Gasteiger partial charge in [0, 0.05) is 39.0 Å². The molecule has 0 aliphatic carbocycles. The first kappa shape index (κ1) is 39.3. The molecule has 0 bridgehead atoms. The molecule has 0 aromatic heterocycles. The zero-order valence-electron chi connectivity index (χ0n) is 24.1. The lowest BCUT2D eigenvalue weighted by molar-refractivity contribution is -0.370. The summed E-state index contributed by atoms with van der Waals surface area (Å²) in [4.78, 5) is 58.7. The van der Waals surface area contributed by atoms with Crippen LogP contribution in [0.3, 0.4) is 0 Å². The molecule has 2 aliphatic rings. The van der Waals surface area contributed by atoms with Gasteiger partial charge in [-0.1, -0.05) is 38.5 Å². The predicted molar refractivity (Wildman–Crippen MR) is 149 cm³/mol. The first-order chi connectivity index (χ1) is 20.6. The average molecular weight is 857 g/mol. The molecular weight excluding hydrogens is 828 g/mol. The van der Waals surface area contributed by atoms with Crippen molar-refractivity contribution in [2.24, 2.45) is 0 Å². The van der Waals surface area contributed by atoms with Crippen LogP contribution in [0.4, 0.5) is 13.2 Å². The minimum Gasteiger partial charge on any atom is -0.463 e. The lowest BCUT2D eigenvalue weighted by Crippen LogP contribution is -2.64. The zero-order chi connectivity index (χ0) is 34.5. The molecule has 0 aromatic carbocycles. The first-order valence-corrected chi connectivity index (χ1v) is 16.5. The van der Waals surface area contributed by atoms with E-state index in [1.807, 2.05) is 0 Å². The molecule has 2 rings (SSSR count). The number of halogens is 5. The van der Waals surface area contributed by atoms with Gasteiger partial charge in [-0.05, 0) is 0 Å². The Morgan fingerprint density at radius 3 is 1.80 bits per heavy atom. The zero-order valence-corrected chi connectivity index (χ0v) is 28.6. The quantitative estimate of drug-likeness (QED) is 0.0676. The summed E-state index contributed by atoms with van der Waals surface area (Å²) in [5, 5.41) is 0. The molecule has 22 heteroatoms. The lowest BCUT2D eigenvalue weighted by atomic mass is 10.0. The van der Waals surface area contributed by atoms with Crippen LogP contribution in [0.1, 0.15) is 34.6 Å². The molecule has 0 aromatic rings. The van der Waals surface area contributed by atoms with Crippen molar-refractivity contribution in [2.45, 2.75) is 93.7 Å². The van der Waals surface area contributed by atoms with Crippen molar-refractivity contribution < 1.29 is 87.6 Å². The van der Waals surface area contributed by atoms with Gasteiger partial charge in [0.2, 0.25) is 12.1 Å². The topological polar surface area (TPSA) is 203 Å². The maximum Gasteiger partial charge on any atom is 0.523 e. The van der Waals surface area contributed by atoms with Crippen molar-refractivity contribution in [1.29, 1.82) is 0 Å². The van der Waals surface area contributed by atoms with Gasteiger partial charge in [-0.3, -0.25) is 28.2 Å². The van der Waals surface area contributed by atoms with Gasteiger partial charge in [-0.25, -0.2) is 0 Å². The van der Waals surface area contributed by atoms with Gasteiger partial charge in [0.1, 0.15) is 25.4 Å². The highest BCUT2D eigenvalue weighted by Gasteiger charge is 2.64. The van der Waals surface area contributed by atoms with Crippen molar-refractivity contribution >= 4 is 78.5 Å². The van der Waals surface area contributed by atoms with E-state index in [0.29, 0.717) is 0 Å². The molecule has 2 heterocycles. The Labute approximate surface area is 276 Å². The fourth-order valence-electron chi connectivity index (χ4n) is 4.22. The molecule has 258 valence electrons. The van der Waals surface area contributed by atoms with Crippen molar-refractivity contribution in [2.75, 3.05) is 17.6 Å². The second-order valence-electron chi connectivity index (χ2n) is 9.44. The van der Waals surface area contributed by atoms with Crippen LogP contribution in [0.5, 0.6) is 0 Å². The Hall–Kier alpha value is -1.86. The van der Waals surface area contributed by atoms with E-state index in [-0.39, 0.29) is 4.43 Å². The predicted octanol–water partition coefficient (Wildman–Crippen LogP) is 1.18. The summed E-state index contributed by atoms with van der Waals surface area (Å²) in [5.74, 6) is -7.63. The summed E-state index contributed by atoms with van der Waals surface area (Å²) < 4.78 is 111. The van der Waals surface area contributed by atoms with Gasteiger partial charge in [-0.15, -0.1) is 0 Å². The largest absolute Gasteiger partial charge is 0.523 e. The van der Waals surface area contributed by atoms with Crippen LogP contribution < -0.4 is 0 Å². The summed E-state index contributed by atoms with van der Waals surface area (Å²) in [6.07, 6.45) is -11.6. The maximum atomic E-state index is 13.3. The molecule has 0 unspecified atom stereocenters. The molecule has 45 heavy (non-hydrogen) atoms. The van der Waals surface area contributed by atoms with Crippen molar-refractivity contribution in [3.63, 3.8) is 0 Å². The number of hydrogen-bond acceptors (Lipinski definition) is 16. The number of rotatable bonds is 12. The molecule has 0 saturated carbocycles. The molecule has 16 nitrogen and oxygen atoms in total. The third kappa shape index (κ3) is 10.3. The highest BCUT2D eigenvalue weighted by atomic mass is 127. The highest BCUT2D eigenvalue weighted by molar-refractivity contribution is 14.1. The number of carbonyl (C=O) groups excluding carboxylic acids is 5. The van der Waals surface area contributed by atoms with E-state index in [1.54, 1.807) is 22.6 Å². The van der Waals surface area contributed by atoms with Crippen molar-refractivity contribution in [1.82, 2.24) is 0 Å². The summed E-state index contributed by atoms with van der Waals surface area (Å²) in [7, 11) is -6.35. The summed E-state index contributed by atoms with van der Waals surface area (Å²) in [6.45, 7) is 2.62. The standard InChI is InChI=1S/C23H29BrF3IO16S/c1-9(29)36-7-15-16(24)18(39-11(3)31)19(40-12(4)32)21(42-15)44-22(8-37-45(34,35)23(25,26)27)20(41-13(5)33)17(38-10(2)30)14(6-28)43-22/h14-21H,6-8H2,1-5H3/t14-,15-,16-,17-,18+,19-,20+,21-,22+/m1/s1. The molecule has 2 aliphatic heterocycles. The van der Waals surface area contributed by atoms with Crippen molar-refractivity contribution in [3.05, 3.63) is 0 Å². The van der Waals surface area contributed by atoms with Crippen LogP contribution in [-0.4, -0.2) is 115 Å². The minimum atomic E-state index is -6.35. The van der Waals surface area contributed by atoms with Crippen LogP contribution >= 0.6 is 38.5 Å². The minimum absolute atomic E-state index is 0.0991. The van der Waals surface area contributed by atoms with Crippen LogP contribution in [0, 0.1) is 0 Å². The molecule has 2 fully saturated rings. The normalized spacial score (nSPS) is 31.9. The van der Waals surface area contributed by atoms with Crippen LogP contribution in [0.2, 0.25) is 0 Å². The Bertz CT molecular complexity index is 1240. The molecule has 0 spiro atoms. The van der Waals surface area contributed by atoms with Gasteiger partial charge < -0.3 is 37.9 Å². The van der Waals surface area contributed by atoms with E-state index in [4.69, 9.17) is 37.9 Å². The van der Waals surface area contributed by atoms with E-state index < -0.39 is 112 Å². The summed E-state index contributed by atoms with van der Waals surface area (Å²) in [5.41, 5.74) is -5.93. The maximum absolute atomic E-state index is 13.3. The average Bonchev–Trinajstić information content (AvgIpc) is 3.15. The third-order valence-corrected chi connectivity index (χ3v) is 8.81. The van der Waals surface area contributed by atoms with Crippen molar-refractivity contribution in [3.8, 4) is 0 Å². The Morgan fingerprint density at radius 2 is 1.33 bits per heavy atom. The van der Waals surface area contributed by atoms with Gasteiger partial charge in [-0.2, -0.15) is 21.6 Å². The number of hydrogen-bond donors (Lipinski definition) is 0. The molecule has 0 radical (unpaired) electrons. The van der Waals surface area contributed by atoms with E-state index in [2.05, 4.69) is 20.1 Å². The van der Waals surface area contributed by atoms with Gasteiger partial charge in [0.05, 0.1) is 4.83 Å². The molecule has 0 amide bonds. The Balaban J connectivity index is 2.76. The Morgan fingerprint density at radius 1 is 0.822 bits per heavy atom. The van der Waals surface area contributed by atoms with E-state index in [9.17, 15) is 45.6 Å². The summed E-state index contributed by atoms with van der Waals surface area (Å²) in [6, 6.07) is 0. The van der Waals surface area contributed by atoms with Gasteiger partial charge >= 0.3 is 45.5 Å². The third-order valence-electron chi connectivity index (χ3n) is 5.84. The van der Waals surface area contributed by atoms with E-state index >= 15 is 0 Å². The van der Waals surface area contributed by atoms with Gasteiger partial charge in [0.25, 0.3) is 0 Å². The monoisotopic (exact) mass is 856 g/mol. The summed E-state index contributed by atoms with van der Waals surface area (Å²) >= 11 is 4.97. The molecular formula is C23H29BrF3IO16S. The van der Waals surface area contributed by atoms with E-state index in [0.717, 1.165) is 34.6 Å². The van der Waals surface area contributed by atoms with Crippen LogP contribution in [-0.2, 0) is 76.2 Å². The smallest absolute Gasteiger partial charge is 0.463 e. The number of ether oxygens (including phenoxy) is 8. The number of alkyl halides is 5. The van der Waals surface area contributed by atoms with Gasteiger partial charge in [0.15, 0.2) is 24.4 Å². The second-order valence-corrected chi connectivity index (χ2v) is 13.0. The first-order valence-electron chi connectivity index (χ1n) is 12.6. The number of esters is 5. The highest BCUT2D eigenvalue weighted by Crippen LogP contribution is 2.43. The Kier molecular flexibility index (Phi) is 13.8. The molecule has 2 saturated heterocycles. The van der Waals surface area contributed by atoms with E-state index in [1.165, 1.54) is 0 Å². The lowest BCUT2D eigenvalue weighted by Gasteiger charge is -2.45. The number of carbonyl (C=O) groups is 5. The second kappa shape index (κ2) is 15.8. The fourth-order valence-corrected chi connectivity index (χ4v) is 6.04. The fraction of sp³-hybridized carbons (Fsp3) is 0.783. The van der Waals surface area contributed by atoms with Crippen LogP contribution in [0.25, 0.3) is 0 Å².